The van der Waals surface area contributed by atoms with Gasteiger partial charge in [-0.2, -0.15) is 0 Å². The third kappa shape index (κ3) is 2.81. The van der Waals surface area contributed by atoms with E-state index in [2.05, 4.69) is 0 Å². The van der Waals surface area contributed by atoms with Gasteiger partial charge < -0.3 is 5.11 Å². The van der Waals surface area contributed by atoms with Gasteiger partial charge in [-0.1, -0.05) is 67.6 Å². The molecule has 1 aromatic rings. The Morgan fingerprint density at radius 1 is 0.833 bits per heavy atom. The van der Waals surface area contributed by atoms with Crippen molar-refractivity contribution in [3.8, 4) is 11.1 Å². The molecule has 0 saturated heterocycles. The van der Waals surface area contributed by atoms with E-state index in [0.29, 0.717) is 17.5 Å². The van der Waals surface area contributed by atoms with Crippen molar-refractivity contribution in [3.63, 3.8) is 0 Å². The van der Waals surface area contributed by atoms with Gasteiger partial charge in [0, 0.05) is 11.1 Å². The number of carbonyl (C=O) groups is 2. The van der Waals surface area contributed by atoms with Crippen LogP contribution in [0.25, 0.3) is 11.1 Å². The molecule has 0 atom stereocenters. The van der Waals surface area contributed by atoms with Crippen LogP contribution in [0.2, 0.25) is 0 Å². The zero-order valence-electron chi connectivity index (χ0n) is 13.5. The molecule has 3 rings (SSSR count). The highest BCUT2D eigenvalue weighted by Crippen LogP contribution is 2.38. The number of carboxylic acid groups (broad SMARTS) is 1. The third-order valence-corrected chi connectivity index (χ3v) is 4.24. The first kappa shape index (κ1) is 15.9. The minimum atomic E-state index is -0.887. The molecule has 0 heterocycles. The number of fused-ring (bicyclic) bond motifs is 1. The standard InChI is InChI=1S/C21H18O3/c1-2-15-18(13-19(22)23)16-11-7-4-8-12-17(16)20(15)21(24)14-9-5-3-6-10-14/h3-12H,2,13H2,1H3,(H,22,23). The van der Waals surface area contributed by atoms with Crippen LogP contribution in [0, 0.1) is 0 Å². The lowest BCUT2D eigenvalue weighted by molar-refractivity contribution is -0.136. The van der Waals surface area contributed by atoms with E-state index in [4.69, 9.17) is 0 Å². The Balaban J connectivity index is 2.28. The highest BCUT2D eigenvalue weighted by Gasteiger charge is 2.27. The summed E-state index contributed by atoms with van der Waals surface area (Å²) < 4.78 is 0. The third-order valence-electron chi connectivity index (χ3n) is 4.24. The van der Waals surface area contributed by atoms with Gasteiger partial charge in [-0.15, -0.1) is 0 Å². The molecule has 24 heavy (non-hydrogen) atoms. The molecule has 0 aromatic heterocycles. The number of hydrogen-bond acceptors (Lipinski definition) is 2. The second-order valence-electron chi connectivity index (χ2n) is 5.69. The molecule has 1 N–H and O–H groups in total. The smallest absolute Gasteiger partial charge is 0.307 e. The van der Waals surface area contributed by atoms with E-state index >= 15 is 0 Å². The maximum atomic E-state index is 13.1. The minimum absolute atomic E-state index is 0.0553. The van der Waals surface area contributed by atoms with Gasteiger partial charge in [-0.05, 0) is 28.7 Å². The van der Waals surface area contributed by atoms with E-state index in [1.165, 1.54) is 0 Å². The highest BCUT2D eigenvalue weighted by molar-refractivity contribution is 6.15. The van der Waals surface area contributed by atoms with Gasteiger partial charge >= 0.3 is 5.97 Å². The maximum absolute atomic E-state index is 13.1. The molecule has 0 aliphatic heterocycles. The molecule has 1 aromatic carbocycles. The van der Waals surface area contributed by atoms with Gasteiger partial charge in [0.15, 0.2) is 5.78 Å². The predicted octanol–water partition coefficient (Wildman–Crippen LogP) is 4.21. The van der Waals surface area contributed by atoms with E-state index in [1.54, 1.807) is 12.1 Å². The van der Waals surface area contributed by atoms with Gasteiger partial charge in [-0.25, -0.2) is 0 Å². The quantitative estimate of drug-likeness (QED) is 0.717. The normalized spacial score (nSPS) is 10.7. The van der Waals surface area contributed by atoms with Crippen molar-refractivity contribution >= 4 is 11.8 Å². The van der Waals surface area contributed by atoms with Crippen molar-refractivity contribution < 1.29 is 14.7 Å². The van der Waals surface area contributed by atoms with Crippen molar-refractivity contribution in [2.24, 2.45) is 0 Å². The highest BCUT2D eigenvalue weighted by atomic mass is 16.4. The van der Waals surface area contributed by atoms with E-state index in [0.717, 1.165) is 22.3 Å². The molecule has 0 spiro atoms. The molecule has 0 fully saturated rings. The number of aliphatic carboxylic acids is 1. The van der Waals surface area contributed by atoms with E-state index in [9.17, 15) is 14.7 Å². The average Bonchev–Trinajstić information content (AvgIpc) is 2.74. The summed E-state index contributed by atoms with van der Waals surface area (Å²) in [6.07, 6.45) is 0.542. The van der Waals surface area contributed by atoms with Crippen molar-refractivity contribution in [1.82, 2.24) is 0 Å². The minimum Gasteiger partial charge on any atom is -0.481 e. The lowest BCUT2D eigenvalue weighted by Crippen LogP contribution is -2.06. The molecule has 0 bridgehead atoms. The monoisotopic (exact) mass is 318 g/mol. The fourth-order valence-electron chi connectivity index (χ4n) is 3.24. The number of hydrogen-bond donors (Lipinski definition) is 1. The van der Waals surface area contributed by atoms with Crippen molar-refractivity contribution in [2.45, 2.75) is 19.8 Å². The molecule has 120 valence electrons. The number of benzene rings is 1. The predicted molar refractivity (Wildman–Crippen MR) is 93.7 cm³/mol. The van der Waals surface area contributed by atoms with Crippen LogP contribution in [-0.2, 0) is 17.6 Å². The van der Waals surface area contributed by atoms with Crippen molar-refractivity contribution in [3.05, 3.63) is 82.9 Å². The molecular weight excluding hydrogens is 300 g/mol. The topological polar surface area (TPSA) is 54.4 Å². The Bertz CT molecular complexity index is 866. The number of ketones is 1. The maximum Gasteiger partial charge on any atom is 0.307 e. The van der Waals surface area contributed by atoms with Crippen LogP contribution >= 0.6 is 0 Å². The van der Waals surface area contributed by atoms with E-state index in [1.807, 2.05) is 55.5 Å². The molecule has 2 aliphatic rings. The summed E-state index contributed by atoms with van der Waals surface area (Å²) in [5, 5.41) is 9.29. The number of carbonyl (C=O) groups excluding carboxylic acids is 1. The Morgan fingerprint density at radius 3 is 2.00 bits per heavy atom. The van der Waals surface area contributed by atoms with Gasteiger partial charge in [0.1, 0.15) is 0 Å². The second kappa shape index (κ2) is 6.67. The van der Waals surface area contributed by atoms with Crippen molar-refractivity contribution in [1.29, 1.82) is 0 Å². The molecule has 0 radical (unpaired) electrons. The number of rotatable bonds is 5. The van der Waals surface area contributed by atoms with Crippen LogP contribution in [-0.4, -0.2) is 16.9 Å². The lowest BCUT2D eigenvalue weighted by atomic mass is 9.97. The molecule has 0 unspecified atom stereocenters. The molecule has 2 aliphatic carbocycles. The van der Waals surface area contributed by atoms with Crippen molar-refractivity contribution in [2.75, 3.05) is 0 Å². The zero-order valence-corrected chi connectivity index (χ0v) is 13.5. The van der Waals surface area contributed by atoms with Gasteiger partial charge in [0.2, 0.25) is 0 Å². The Labute approximate surface area is 140 Å². The lowest BCUT2D eigenvalue weighted by Gasteiger charge is -2.05. The molecular formula is C21H18O3. The van der Waals surface area contributed by atoms with Gasteiger partial charge in [0.25, 0.3) is 0 Å². The first-order valence-electron chi connectivity index (χ1n) is 7.97. The fraction of sp³-hybridized carbons (Fsp3) is 0.143. The summed E-state index contributed by atoms with van der Waals surface area (Å²) in [5.74, 6) is -0.942. The summed E-state index contributed by atoms with van der Waals surface area (Å²) >= 11 is 0. The van der Waals surface area contributed by atoms with Crippen LogP contribution in [0.3, 0.4) is 0 Å². The van der Waals surface area contributed by atoms with E-state index < -0.39 is 5.97 Å². The molecule has 0 saturated carbocycles. The van der Waals surface area contributed by atoms with E-state index in [-0.39, 0.29) is 12.2 Å². The first-order valence-corrected chi connectivity index (χ1v) is 7.97. The van der Waals surface area contributed by atoms with Crippen LogP contribution in [0.15, 0.2) is 60.7 Å². The largest absolute Gasteiger partial charge is 0.481 e. The van der Waals surface area contributed by atoms with Crippen LogP contribution in [0.1, 0.15) is 34.0 Å². The zero-order chi connectivity index (χ0) is 17.1. The van der Waals surface area contributed by atoms with Gasteiger partial charge in [-0.3, -0.25) is 9.59 Å². The summed E-state index contributed by atoms with van der Waals surface area (Å²) in [6.45, 7) is 1.96. The SMILES string of the molecule is CCc1c(CC(=O)O)c2cccccc-2c1C(=O)c1ccccc1. The van der Waals surface area contributed by atoms with Crippen LogP contribution in [0.4, 0.5) is 0 Å². The fourth-order valence-corrected chi connectivity index (χ4v) is 3.24. The first-order chi connectivity index (χ1) is 11.6. The summed E-state index contributed by atoms with van der Waals surface area (Å²) in [7, 11) is 0. The number of carboxylic acids is 1. The average molecular weight is 318 g/mol. The second-order valence-corrected chi connectivity index (χ2v) is 5.69. The Hall–Kier alpha value is -2.94. The molecule has 3 nitrogen and oxygen atoms in total. The van der Waals surface area contributed by atoms with Gasteiger partial charge in [0.05, 0.1) is 6.42 Å². The molecule has 0 amide bonds. The van der Waals surface area contributed by atoms with Crippen LogP contribution < -0.4 is 0 Å². The summed E-state index contributed by atoms with van der Waals surface area (Å²) in [5.41, 5.74) is 4.50. The summed E-state index contributed by atoms with van der Waals surface area (Å²) in [4.78, 5) is 24.4. The Morgan fingerprint density at radius 2 is 1.42 bits per heavy atom. The molecule has 3 heteroatoms. The summed E-state index contributed by atoms with van der Waals surface area (Å²) in [6, 6.07) is 18.6. The Kier molecular flexibility index (Phi) is 4.43. The van der Waals surface area contributed by atoms with Crippen LogP contribution in [0.5, 0.6) is 0 Å².